The van der Waals surface area contributed by atoms with Gasteiger partial charge in [-0.2, -0.15) is 0 Å². The Morgan fingerprint density at radius 1 is 0.778 bits per heavy atom. The molecule has 0 unspecified atom stereocenters. The number of unbranched alkanes of at least 4 members (excludes halogenated alkanes) is 1. The van der Waals surface area contributed by atoms with Crippen LogP contribution in [0, 0.1) is 0 Å². The molecule has 3 N–H and O–H groups in total. The van der Waals surface area contributed by atoms with Crippen LogP contribution in [-0.2, 0) is 0 Å². The zero-order chi connectivity index (χ0) is 25.6. The molecule has 4 amide bonds. The summed E-state index contributed by atoms with van der Waals surface area (Å²) in [6.45, 7) is 3.58. The number of nitrogens with one attached hydrogen (secondary N) is 3. The molecule has 0 heterocycles. The number of carbonyl (C=O) groups excluding carboxylic acids is 2. The number of ether oxygens (including phenoxy) is 2. The number of methoxy groups -OCH3 is 1. The molecule has 3 rings (SSSR count). The summed E-state index contributed by atoms with van der Waals surface area (Å²) < 4.78 is 11.1. The van der Waals surface area contributed by atoms with Crippen molar-refractivity contribution in [1.29, 1.82) is 0 Å². The van der Waals surface area contributed by atoms with Crippen LogP contribution >= 0.6 is 0 Å². The minimum Gasteiger partial charge on any atom is -0.497 e. The monoisotopic (exact) mass is 490 g/mol. The van der Waals surface area contributed by atoms with E-state index in [1.165, 1.54) is 0 Å². The molecule has 0 aromatic heterocycles. The quantitative estimate of drug-likeness (QED) is 0.271. The van der Waals surface area contributed by atoms with E-state index in [2.05, 4.69) is 22.9 Å². The lowest BCUT2D eigenvalue weighted by atomic mass is 10.2. The normalized spacial score (nSPS) is 10.3. The molecule has 0 radical (unpaired) electrons. The van der Waals surface area contributed by atoms with Crippen LogP contribution in [0.15, 0.2) is 78.9 Å². The van der Waals surface area contributed by atoms with E-state index < -0.39 is 0 Å². The second kappa shape index (κ2) is 14.3. The Kier molecular flexibility index (Phi) is 10.5. The van der Waals surface area contributed by atoms with Crippen LogP contribution in [0.5, 0.6) is 17.2 Å². The summed E-state index contributed by atoms with van der Waals surface area (Å²) in [6, 6.07) is 23.5. The van der Waals surface area contributed by atoms with Crippen molar-refractivity contribution >= 4 is 23.4 Å². The maximum absolute atomic E-state index is 13.2. The van der Waals surface area contributed by atoms with Crippen LogP contribution < -0.4 is 30.3 Å². The summed E-state index contributed by atoms with van der Waals surface area (Å²) >= 11 is 0. The number of urea groups is 2. The lowest BCUT2D eigenvalue weighted by Crippen LogP contribution is -2.39. The number of anilines is 2. The summed E-state index contributed by atoms with van der Waals surface area (Å²) in [5.74, 6) is 2.12. The minimum absolute atomic E-state index is 0.194. The molecule has 3 aromatic rings. The topological polar surface area (TPSA) is 91.9 Å². The number of hydrogen-bond acceptors (Lipinski definition) is 4. The van der Waals surface area contributed by atoms with E-state index in [-0.39, 0.29) is 12.1 Å². The van der Waals surface area contributed by atoms with Gasteiger partial charge in [0.2, 0.25) is 0 Å². The molecular weight excluding hydrogens is 456 g/mol. The Morgan fingerprint density at radius 2 is 1.39 bits per heavy atom. The SMILES string of the molecule is CCCCNC(=O)NCCCN(C(=O)Nc1ccc(OC)cc1)c1ccc(Oc2ccccc2)cc1. The molecule has 0 aliphatic heterocycles. The average molecular weight is 491 g/mol. The molecule has 0 aliphatic carbocycles. The highest BCUT2D eigenvalue weighted by Crippen LogP contribution is 2.25. The van der Waals surface area contributed by atoms with Gasteiger partial charge in [-0.05, 0) is 73.5 Å². The van der Waals surface area contributed by atoms with Crippen molar-refractivity contribution in [3.8, 4) is 17.2 Å². The Bertz CT molecular complexity index is 1070. The third kappa shape index (κ3) is 8.54. The number of nitrogens with zero attached hydrogens (tertiary/aromatic N) is 1. The van der Waals surface area contributed by atoms with Gasteiger partial charge in [0.25, 0.3) is 0 Å². The van der Waals surface area contributed by atoms with Crippen LogP contribution in [0.3, 0.4) is 0 Å². The molecule has 36 heavy (non-hydrogen) atoms. The highest BCUT2D eigenvalue weighted by Gasteiger charge is 2.16. The first-order valence-corrected chi connectivity index (χ1v) is 12.2. The molecule has 0 fully saturated rings. The fourth-order valence-corrected chi connectivity index (χ4v) is 3.41. The van der Waals surface area contributed by atoms with Gasteiger partial charge in [0.1, 0.15) is 17.2 Å². The fraction of sp³-hybridized carbons (Fsp3) is 0.286. The second-order valence-corrected chi connectivity index (χ2v) is 8.11. The van der Waals surface area contributed by atoms with Crippen molar-refractivity contribution in [2.45, 2.75) is 26.2 Å². The van der Waals surface area contributed by atoms with Gasteiger partial charge >= 0.3 is 12.1 Å². The Morgan fingerprint density at radius 3 is 2.03 bits per heavy atom. The van der Waals surface area contributed by atoms with Crippen molar-refractivity contribution in [1.82, 2.24) is 10.6 Å². The summed E-state index contributed by atoms with van der Waals surface area (Å²) in [7, 11) is 1.60. The molecule has 8 heteroatoms. The first-order valence-electron chi connectivity index (χ1n) is 12.2. The summed E-state index contributed by atoms with van der Waals surface area (Å²) in [5, 5.41) is 8.60. The summed E-state index contributed by atoms with van der Waals surface area (Å²) in [5.41, 5.74) is 1.37. The van der Waals surface area contributed by atoms with E-state index in [1.54, 1.807) is 36.3 Å². The Balaban J connectivity index is 1.64. The lowest BCUT2D eigenvalue weighted by Gasteiger charge is -2.24. The van der Waals surface area contributed by atoms with Gasteiger partial charge in [0.15, 0.2) is 0 Å². The standard InChI is InChI=1S/C28H34N4O4/c1-3-4-19-29-27(33)30-20-8-21-32(28(34)31-22-11-15-24(35-2)16-12-22)23-13-17-26(18-14-23)36-25-9-6-5-7-10-25/h5-7,9-18H,3-4,8,19-21H2,1-2H3,(H,31,34)(H2,29,30,33). The van der Waals surface area contributed by atoms with Crippen molar-refractivity contribution in [2.24, 2.45) is 0 Å². The van der Waals surface area contributed by atoms with Crippen LogP contribution in [0.4, 0.5) is 21.0 Å². The van der Waals surface area contributed by atoms with E-state index in [4.69, 9.17) is 9.47 Å². The van der Waals surface area contributed by atoms with Gasteiger partial charge in [0.05, 0.1) is 7.11 Å². The maximum Gasteiger partial charge on any atom is 0.326 e. The molecule has 0 aliphatic rings. The molecule has 0 bridgehead atoms. The van der Waals surface area contributed by atoms with E-state index in [0.29, 0.717) is 48.9 Å². The first kappa shape index (κ1) is 26.4. The molecule has 8 nitrogen and oxygen atoms in total. The first-order chi connectivity index (χ1) is 17.6. The third-order valence-corrected chi connectivity index (χ3v) is 5.37. The molecular formula is C28H34N4O4. The Labute approximate surface area is 212 Å². The van der Waals surface area contributed by atoms with Gasteiger partial charge in [-0.1, -0.05) is 31.5 Å². The largest absolute Gasteiger partial charge is 0.497 e. The van der Waals surface area contributed by atoms with Crippen LogP contribution in [0.1, 0.15) is 26.2 Å². The third-order valence-electron chi connectivity index (χ3n) is 5.37. The van der Waals surface area contributed by atoms with Crippen molar-refractivity contribution in [3.63, 3.8) is 0 Å². The van der Waals surface area contributed by atoms with Gasteiger partial charge in [-0.15, -0.1) is 0 Å². The Hall–Kier alpha value is -4.20. The van der Waals surface area contributed by atoms with Gasteiger partial charge in [-0.25, -0.2) is 9.59 Å². The van der Waals surface area contributed by atoms with Crippen LogP contribution in [-0.4, -0.2) is 38.8 Å². The minimum atomic E-state index is -0.274. The van der Waals surface area contributed by atoms with Crippen molar-refractivity contribution in [2.75, 3.05) is 37.0 Å². The average Bonchev–Trinajstić information content (AvgIpc) is 2.90. The zero-order valence-corrected chi connectivity index (χ0v) is 20.8. The van der Waals surface area contributed by atoms with E-state index in [1.807, 2.05) is 54.6 Å². The van der Waals surface area contributed by atoms with E-state index >= 15 is 0 Å². The van der Waals surface area contributed by atoms with Crippen LogP contribution in [0.25, 0.3) is 0 Å². The van der Waals surface area contributed by atoms with Gasteiger partial charge in [-0.3, -0.25) is 4.90 Å². The molecule has 0 atom stereocenters. The molecule has 0 saturated carbocycles. The maximum atomic E-state index is 13.2. The van der Waals surface area contributed by atoms with E-state index in [0.717, 1.165) is 18.6 Å². The second-order valence-electron chi connectivity index (χ2n) is 8.11. The molecule has 0 saturated heterocycles. The summed E-state index contributed by atoms with van der Waals surface area (Å²) in [4.78, 5) is 26.8. The van der Waals surface area contributed by atoms with Crippen molar-refractivity contribution in [3.05, 3.63) is 78.9 Å². The smallest absolute Gasteiger partial charge is 0.326 e. The van der Waals surface area contributed by atoms with E-state index in [9.17, 15) is 9.59 Å². The lowest BCUT2D eigenvalue weighted by molar-refractivity contribution is 0.240. The van der Waals surface area contributed by atoms with Gasteiger partial charge in [0, 0.05) is 31.0 Å². The number of carbonyl (C=O) groups is 2. The molecule has 3 aromatic carbocycles. The summed E-state index contributed by atoms with van der Waals surface area (Å²) in [6.07, 6.45) is 2.55. The molecule has 0 spiro atoms. The molecule has 190 valence electrons. The number of rotatable bonds is 12. The van der Waals surface area contributed by atoms with Gasteiger partial charge < -0.3 is 25.4 Å². The predicted molar refractivity (Wildman–Crippen MR) is 143 cm³/mol. The fourth-order valence-electron chi connectivity index (χ4n) is 3.41. The number of amides is 4. The van der Waals surface area contributed by atoms with Crippen molar-refractivity contribution < 1.29 is 19.1 Å². The number of benzene rings is 3. The van der Waals surface area contributed by atoms with Crippen LogP contribution in [0.2, 0.25) is 0 Å². The predicted octanol–water partition coefficient (Wildman–Crippen LogP) is 6.02. The zero-order valence-electron chi connectivity index (χ0n) is 20.8. The highest BCUT2D eigenvalue weighted by molar-refractivity contribution is 6.01. The number of para-hydroxylation sites is 1. The highest BCUT2D eigenvalue weighted by atomic mass is 16.5. The number of hydrogen-bond donors (Lipinski definition) is 3.